The molecular formula is C18H25FN2O. The topological polar surface area (TPSA) is 23.6 Å². The number of piperazine rings is 1. The number of rotatable bonds is 3. The molecule has 1 unspecified atom stereocenters. The molecule has 3 nitrogen and oxygen atoms in total. The molecular weight excluding hydrogens is 279 g/mol. The van der Waals surface area contributed by atoms with Gasteiger partial charge < -0.3 is 9.80 Å². The van der Waals surface area contributed by atoms with Crippen molar-refractivity contribution in [1.82, 2.24) is 4.90 Å². The number of carbonyl (C=O) groups excluding carboxylic acids is 1. The highest BCUT2D eigenvalue weighted by molar-refractivity contribution is 5.79. The van der Waals surface area contributed by atoms with Gasteiger partial charge in [0.1, 0.15) is 5.82 Å². The van der Waals surface area contributed by atoms with E-state index in [-0.39, 0.29) is 11.7 Å². The third-order valence-corrected chi connectivity index (χ3v) is 5.28. The van der Waals surface area contributed by atoms with Crippen molar-refractivity contribution >= 4 is 11.6 Å². The fourth-order valence-electron chi connectivity index (χ4n) is 3.82. The molecule has 1 aliphatic carbocycles. The molecule has 1 atom stereocenters. The second kappa shape index (κ2) is 6.67. The molecule has 1 saturated heterocycles. The van der Waals surface area contributed by atoms with E-state index >= 15 is 0 Å². The fourth-order valence-corrected chi connectivity index (χ4v) is 3.82. The maximum Gasteiger partial charge on any atom is 0.225 e. The van der Waals surface area contributed by atoms with Crippen molar-refractivity contribution in [3.05, 3.63) is 30.1 Å². The molecule has 2 aliphatic rings. The van der Waals surface area contributed by atoms with Crippen LogP contribution in [0.4, 0.5) is 10.1 Å². The van der Waals surface area contributed by atoms with E-state index < -0.39 is 0 Å². The van der Waals surface area contributed by atoms with Crippen LogP contribution in [0.2, 0.25) is 0 Å². The number of anilines is 1. The summed E-state index contributed by atoms with van der Waals surface area (Å²) in [4.78, 5) is 16.6. The largest absolute Gasteiger partial charge is 0.366 e. The van der Waals surface area contributed by atoms with Gasteiger partial charge in [0.15, 0.2) is 0 Å². The summed E-state index contributed by atoms with van der Waals surface area (Å²) in [6, 6.07) is 6.88. The standard InChI is InChI=1S/C18H25FN2O/c1-14(15-6-2-3-7-15)18(22)21-12-10-20(11-13-21)17-9-5-4-8-16(17)19/h4-5,8-9,14-15H,2-3,6-7,10-13H2,1H3. The Kier molecular flexibility index (Phi) is 4.65. The lowest BCUT2D eigenvalue weighted by Crippen LogP contribution is -2.51. The average molecular weight is 304 g/mol. The van der Waals surface area contributed by atoms with Crippen LogP contribution >= 0.6 is 0 Å². The zero-order valence-corrected chi connectivity index (χ0v) is 13.3. The highest BCUT2D eigenvalue weighted by Gasteiger charge is 2.31. The Bertz CT molecular complexity index is 520. The minimum Gasteiger partial charge on any atom is -0.366 e. The molecule has 1 amide bonds. The first-order valence-corrected chi connectivity index (χ1v) is 8.45. The molecule has 22 heavy (non-hydrogen) atoms. The number of carbonyl (C=O) groups is 1. The van der Waals surface area contributed by atoms with E-state index in [1.54, 1.807) is 6.07 Å². The smallest absolute Gasteiger partial charge is 0.225 e. The molecule has 120 valence electrons. The fraction of sp³-hybridized carbons (Fsp3) is 0.611. The number of amides is 1. The Balaban J connectivity index is 1.57. The number of benzene rings is 1. The van der Waals surface area contributed by atoms with E-state index in [1.165, 1.54) is 31.7 Å². The third kappa shape index (κ3) is 3.11. The van der Waals surface area contributed by atoms with Crippen molar-refractivity contribution in [2.75, 3.05) is 31.1 Å². The first-order chi connectivity index (χ1) is 10.7. The number of nitrogens with zero attached hydrogens (tertiary/aromatic N) is 2. The van der Waals surface area contributed by atoms with Gasteiger partial charge in [-0.2, -0.15) is 0 Å². The predicted octanol–water partition coefficient (Wildman–Crippen LogP) is 3.30. The van der Waals surface area contributed by atoms with Gasteiger partial charge in [-0.3, -0.25) is 4.79 Å². The van der Waals surface area contributed by atoms with Crippen LogP contribution in [0.3, 0.4) is 0 Å². The minimum absolute atomic E-state index is 0.141. The van der Waals surface area contributed by atoms with Crippen molar-refractivity contribution in [3.8, 4) is 0 Å². The van der Waals surface area contributed by atoms with Crippen molar-refractivity contribution in [2.45, 2.75) is 32.6 Å². The van der Waals surface area contributed by atoms with Gasteiger partial charge in [0.05, 0.1) is 5.69 Å². The van der Waals surface area contributed by atoms with E-state index in [9.17, 15) is 9.18 Å². The molecule has 1 aliphatic heterocycles. The maximum absolute atomic E-state index is 13.8. The third-order valence-electron chi connectivity index (χ3n) is 5.28. The van der Waals surface area contributed by atoms with Crippen LogP contribution in [0, 0.1) is 17.7 Å². The molecule has 3 rings (SSSR count). The molecule has 0 radical (unpaired) electrons. The first kappa shape index (κ1) is 15.3. The van der Waals surface area contributed by atoms with Crippen LogP contribution < -0.4 is 4.90 Å². The maximum atomic E-state index is 13.8. The van der Waals surface area contributed by atoms with Crippen LogP contribution in [0.1, 0.15) is 32.6 Å². The van der Waals surface area contributed by atoms with Crippen molar-refractivity contribution in [2.24, 2.45) is 11.8 Å². The van der Waals surface area contributed by atoms with Gasteiger partial charge in [0, 0.05) is 32.1 Å². The van der Waals surface area contributed by atoms with Crippen molar-refractivity contribution in [3.63, 3.8) is 0 Å². The second-order valence-corrected chi connectivity index (χ2v) is 6.60. The van der Waals surface area contributed by atoms with Gasteiger partial charge >= 0.3 is 0 Å². The molecule has 1 aromatic rings. The summed E-state index contributed by atoms with van der Waals surface area (Å²) in [5.41, 5.74) is 0.651. The van der Waals surface area contributed by atoms with E-state index in [0.29, 0.717) is 43.7 Å². The van der Waals surface area contributed by atoms with E-state index in [1.807, 2.05) is 21.9 Å². The van der Waals surface area contributed by atoms with Crippen LogP contribution in [-0.2, 0) is 4.79 Å². The van der Waals surface area contributed by atoms with Gasteiger partial charge in [-0.05, 0) is 30.9 Å². The quantitative estimate of drug-likeness (QED) is 0.855. The lowest BCUT2D eigenvalue weighted by Gasteiger charge is -2.38. The molecule has 0 spiro atoms. The summed E-state index contributed by atoms with van der Waals surface area (Å²) in [7, 11) is 0. The normalized spacial score (nSPS) is 21.2. The van der Waals surface area contributed by atoms with Crippen LogP contribution in [0.15, 0.2) is 24.3 Å². The Hall–Kier alpha value is -1.58. The molecule has 0 aromatic heterocycles. The number of para-hydroxylation sites is 1. The highest BCUT2D eigenvalue weighted by Crippen LogP contribution is 2.32. The Morgan fingerprint density at radius 3 is 2.41 bits per heavy atom. The highest BCUT2D eigenvalue weighted by atomic mass is 19.1. The summed E-state index contributed by atoms with van der Waals surface area (Å²) < 4.78 is 13.8. The number of halogens is 1. The first-order valence-electron chi connectivity index (χ1n) is 8.45. The van der Waals surface area contributed by atoms with Gasteiger partial charge in [-0.15, -0.1) is 0 Å². The van der Waals surface area contributed by atoms with E-state index in [2.05, 4.69) is 6.92 Å². The molecule has 4 heteroatoms. The van der Waals surface area contributed by atoms with Crippen LogP contribution in [0.5, 0.6) is 0 Å². The van der Waals surface area contributed by atoms with Crippen LogP contribution in [-0.4, -0.2) is 37.0 Å². The molecule has 2 fully saturated rings. The Morgan fingerprint density at radius 1 is 1.14 bits per heavy atom. The zero-order chi connectivity index (χ0) is 15.5. The molecule has 1 aromatic carbocycles. The predicted molar refractivity (Wildman–Crippen MR) is 86.3 cm³/mol. The summed E-state index contributed by atoms with van der Waals surface area (Å²) in [5, 5.41) is 0. The lowest BCUT2D eigenvalue weighted by atomic mass is 9.91. The van der Waals surface area contributed by atoms with Gasteiger partial charge in [0.25, 0.3) is 0 Å². The second-order valence-electron chi connectivity index (χ2n) is 6.60. The van der Waals surface area contributed by atoms with Gasteiger partial charge in [-0.25, -0.2) is 4.39 Å². The monoisotopic (exact) mass is 304 g/mol. The zero-order valence-electron chi connectivity index (χ0n) is 13.3. The molecule has 1 heterocycles. The Morgan fingerprint density at radius 2 is 1.77 bits per heavy atom. The van der Waals surface area contributed by atoms with Crippen molar-refractivity contribution in [1.29, 1.82) is 0 Å². The molecule has 1 saturated carbocycles. The Labute approximate surface area is 132 Å². The lowest BCUT2D eigenvalue weighted by molar-refractivity contribution is -0.137. The summed E-state index contributed by atoms with van der Waals surface area (Å²) in [6.07, 6.45) is 4.93. The van der Waals surface area contributed by atoms with Crippen molar-refractivity contribution < 1.29 is 9.18 Å². The van der Waals surface area contributed by atoms with Gasteiger partial charge in [0.2, 0.25) is 5.91 Å². The summed E-state index contributed by atoms with van der Waals surface area (Å²) in [6.45, 7) is 4.91. The van der Waals surface area contributed by atoms with E-state index in [0.717, 1.165) is 0 Å². The van der Waals surface area contributed by atoms with Gasteiger partial charge in [-0.1, -0.05) is 31.9 Å². The summed E-state index contributed by atoms with van der Waals surface area (Å²) >= 11 is 0. The minimum atomic E-state index is -0.179. The molecule has 0 N–H and O–H groups in total. The van der Waals surface area contributed by atoms with E-state index in [4.69, 9.17) is 0 Å². The number of hydrogen-bond donors (Lipinski definition) is 0. The van der Waals surface area contributed by atoms with Crippen LogP contribution in [0.25, 0.3) is 0 Å². The molecule has 0 bridgehead atoms. The SMILES string of the molecule is CC(C(=O)N1CCN(c2ccccc2F)CC1)C1CCCC1. The average Bonchev–Trinajstić information content (AvgIpc) is 3.09. The summed E-state index contributed by atoms with van der Waals surface area (Å²) in [5.74, 6) is 0.821. The number of hydrogen-bond acceptors (Lipinski definition) is 2.